The molecule has 0 radical (unpaired) electrons. The van der Waals surface area contributed by atoms with Gasteiger partial charge in [0.15, 0.2) is 11.4 Å². The van der Waals surface area contributed by atoms with Gasteiger partial charge in [-0.25, -0.2) is 0 Å². The molecule has 0 spiro atoms. The fraction of sp³-hybridized carbons (Fsp3) is 0.269. The molecular formula is C26H28N4O4P2. The Balaban J connectivity index is 1.58. The molecule has 5 rings (SSSR count). The second-order valence-corrected chi connectivity index (χ2v) is 10.5. The Hall–Kier alpha value is -3.21. The van der Waals surface area contributed by atoms with E-state index in [-0.39, 0.29) is 24.0 Å². The second kappa shape index (κ2) is 9.02. The summed E-state index contributed by atoms with van der Waals surface area (Å²) in [6.07, 6.45) is 1.02. The molecule has 186 valence electrons. The maximum Gasteiger partial charge on any atom is 0.278 e. The summed E-state index contributed by atoms with van der Waals surface area (Å²) >= 11 is 0. The predicted octanol–water partition coefficient (Wildman–Crippen LogP) is 1.76. The van der Waals surface area contributed by atoms with Crippen molar-refractivity contribution in [1.82, 2.24) is 14.5 Å². The van der Waals surface area contributed by atoms with Gasteiger partial charge in [0.05, 0.1) is 6.54 Å². The number of aromatic nitrogens is 1. The molecular weight excluding hydrogens is 494 g/mol. The number of hydrogen-bond donors (Lipinski definition) is 1. The van der Waals surface area contributed by atoms with Gasteiger partial charge >= 0.3 is 0 Å². The molecule has 1 N–H and O–H groups in total. The Morgan fingerprint density at radius 2 is 1.92 bits per heavy atom. The van der Waals surface area contributed by atoms with Gasteiger partial charge in [-0.1, -0.05) is 30.3 Å². The third kappa shape index (κ3) is 3.71. The van der Waals surface area contributed by atoms with E-state index in [0.29, 0.717) is 13.1 Å². The molecule has 8 nitrogen and oxygen atoms in total. The van der Waals surface area contributed by atoms with Crippen molar-refractivity contribution in [3.63, 3.8) is 0 Å². The summed E-state index contributed by atoms with van der Waals surface area (Å²) < 4.78 is 1.49. The van der Waals surface area contributed by atoms with Crippen LogP contribution in [0, 0.1) is 6.92 Å². The van der Waals surface area contributed by atoms with Crippen molar-refractivity contribution >= 4 is 40.9 Å². The molecule has 3 heterocycles. The van der Waals surface area contributed by atoms with Crippen LogP contribution in [0.5, 0.6) is 5.75 Å². The number of carbonyl (C=O) groups excluding carboxylic acids is 2. The Morgan fingerprint density at radius 1 is 1.19 bits per heavy atom. The third-order valence-electron chi connectivity index (χ3n) is 6.99. The molecule has 36 heavy (non-hydrogen) atoms. The topological polar surface area (TPSA) is 86.1 Å². The Bertz CT molecular complexity index is 1460. The van der Waals surface area contributed by atoms with E-state index in [4.69, 9.17) is 0 Å². The summed E-state index contributed by atoms with van der Waals surface area (Å²) in [6.45, 7) is 5.00. The largest absolute Gasteiger partial charge is 0.502 e. The lowest BCUT2D eigenvalue weighted by Gasteiger charge is -2.43. The van der Waals surface area contributed by atoms with Crippen molar-refractivity contribution in [2.24, 2.45) is 0 Å². The highest BCUT2D eigenvalue weighted by Gasteiger charge is 2.44. The van der Waals surface area contributed by atoms with E-state index in [0.717, 1.165) is 32.9 Å². The number of aryl methyl sites for hydroxylation is 1. The Kier molecular flexibility index (Phi) is 6.14. The molecule has 2 aromatic carbocycles. The van der Waals surface area contributed by atoms with E-state index in [2.05, 4.69) is 18.5 Å². The van der Waals surface area contributed by atoms with Crippen LogP contribution in [0.3, 0.4) is 0 Å². The number of benzene rings is 2. The van der Waals surface area contributed by atoms with E-state index in [9.17, 15) is 19.5 Å². The summed E-state index contributed by atoms with van der Waals surface area (Å²) in [5.41, 5.74) is 2.88. The van der Waals surface area contributed by atoms with E-state index in [1.807, 2.05) is 55.3 Å². The Labute approximate surface area is 213 Å². The van der Waals surface area contributed by atoms with Gasteiger partial charge in [-0.3, -0.25) is 24.1 Å². The minimum absolute atomic E-state index is 0.121. The van der Waals surface area contributed by atoms with Crippen molar-refractivity contribution in [3.8, 4) is 5.75 Å². The number of nitrogens with zero attached hydrogens (tertiary/aromatic N) is 4. The number of hydrogen-bond acceptors (Lipinski definition) is 5. The fourth-order valence-electron chi connectivity index (χ4n) is 5.19. The number of pyridine rings is 1. The van der Waals surface area contributed by atoms with Crippen LogP contribution in [-0.4, -0.2) is 45.0 Å². The zero-order chi connectivity index (χ0) is 25.9. The summed E-state index contributed by atoms with van der Waals surface area (Å²) in [6, 6.07) is 11.8. The summed E-state index contributed by atoms with van der Waals surface area (Å²) in [5, 5.41) is 14.8. The van der Waals surface area contributed by atoms with Gasteiger partial charge in [-0.2, -0.15) is 0 Å². The molecule has 0 saturated heterocycles. The van der Waals surface area contributed by atoms with Crippen LogP contribution >= 0.6 is 18.5 Å². The van der Waals surface area contributed by atoms with Gasteiger partial charge in [0, 0.05) is 31.9 Å². The number of rotatable bonds is 4. The SMILES string of the molecule is CCN1C(=O)c2c(O)c(=O)c(C(=O)N(C)Cc3c(C)cc(P)cc3P)cn2N2Cc3ccccc3[C@@H]12. The van der Waals surface area contributed by atoms with Crippen molar-refractivity contribution < 1.29 is 14.7 Å². The normalized spacial score (nSPS) is 16.0. The van der Waals surface area contributed by atoms with Gasteiger partial charge in [-0.05, 0) is 47.2 Å². The van der Waals surface area contributed by atoms with E-state index >= 15 is 0 Å². The first kappa shape index (κ1) is 24.5. The summed E-state index contributed by atoms with van der Waals surface area (Å²) in [5.74, 6) is -1.68. The number of amides is 2. The van der Waals surface area contributed by atoms with Crippen LogP contribution in [0.15, 0.2) is 47.4 Å². The molecule has 0 saturated carbocycles. The molecule has 2 aliphatic heterocycles. The van der Waals surface area contributed by atoms with E-state index < -0.39 is 23.0 Å². The highest BCUT2D eigenvalue weighted by atomic mass is 31.0. The molecule has 1 aromatic heterocycles. The molecule has 3 aromatic rings. The van der Waals surface area contributed by atoms with Crippen molar-refractivity contribution in [1.29, 1.82) is 0 Å². The maximum absolute atomic E-state index is 13.5. The average Bonchev–Trinajstić information content (AvgIpc) is 3.22. The van der Waals surface area contributed by atoms with Crippen LogP contribution in [0.25, 0.3) is 0 Å². The van der Waals surface area contributed by atoms with Crippen LogP contribution in [0.1, 0.15) is 56.2 Å². The van der Waals surface area contributed by atoms with E-state index in [1.54, 1.807) is 11.9 Å². The van der Waals surface area contributed by atoms with Gasteiger partial charge in [-0.15, -0.1) is 18.5 Å². The minimum Gasteiger partial charge on any atom is -0.502 e. The lowest BCUT2D eigenvalue weighted by atomic mass is 10.1. The first-order valence-electron chi connectivity index (χ1n) is 11.7. The summed E-state index contributed by atoms with van der Waals surface area (Å²) in [4.78, 5) is 43.2. The van der Waals surface area contributed by atoms with Crippen LogP contribution in [0.2, 0.25) is 0 Å². The van der Waals surface area contributed by atoms with Crippen LogP contribution in [-0.2, 0) is 13.1 Å². The second-order valence-electron chi connectivity index (χ2n) is 9.24. The average molecular weight is 522 g/mol. The van der Waals surface area contributed by atoms with Crippen LogP contribution in [0.4, 0.5) is 0 Å². The van der Waals surface area contributed by atoms with Crippen LogP contribution < -0.4 is 21.0 Å². The highest BCUT2D eigenvalue weighted by molar-refractivity contribution is 7.29. The number of aromatic hydroxyl groups is 1. The predicted molar refractivity (Wildman–Crippen MR) is 146 cm³/mol. The minimum atomic E-state index is -0.846. The van der Waals surface area contributed by atoms with Gasteiger partial charge in [0.25, 0.3) is 11.8 Å². The Morgan fingerprint density at radius 3 is 2.61 bits per heavy atom. The zero-order valence-corrected chi connectivity index (χ0v) is 22.7. The smallest absolute Gasteiger partial charge is 0.278 e. The van der Waals surface area contributed by atoms with Gasteiger partial charge < -0.3 is 14.9 Å². The molecule has 3 atom stereocenters. The number of fused-ring (bicyclic) bond motifs is 5. The lowest BCUT2D eigenvalue weighted by Crippen LogP contribution is -2.53. The van der Waals surface area contributed by atoms with Crippen molar-refractivity contribution in [2.75, 3.05) is 18.6 Å². The molecule has 2 unspecified atom stereocenters. The quantitative estimate of drug-likeness (QED) is 0.528. The summed E-state index contributed by atoms with van der Waals surface area (Å²) in [7, 11) is 6.98. The van der Waals surface area contributed by atoms with Crippen molar-refractivity contribution in [2.45, 2.75) is 33.1 Å². The molecule has 0 bridgehead atoms. The van der Waals surface area contributed by atoms with Gasteiger partial charge in [0.2, 0.25) is 5.43 Å². The maximum atomic E-state index is 13.5. The monoisotopic (exact) mass is 522 g/mol. The first-order chi connectivity index (χ1) is 17.1. The molecule has 0 fully saturated rings. The highest BCUT2D eigenvalue weighted by Crippen LogP contribution is 2.40. The number of carbonyl (C=O) groups is 2. The van der Waals surface area contributed by atoms with Gasteiger partial charge in [0.1, 0.15) is 11.7 Å². The lowest BCUT2D eigenvalue weighted by molar-refractivity contribution is 0.0588. The standard InChI is InChI=1S/C26H28N4O4P2/c1-4-28-24-17-8-6-5-7-15(17)11-30(24)29-13-19(22(31)23(32)21(29)26(28)34)25(33)27(3)12-18-14(2)9-16(35)10-20(18)36/h5-10,13,24,32H,4,11-12,35-36H2,1-3H3/t24-/m0/s1. The third-order valence-corrected chi connectivity index (χ3v) is 7.84. The molecule has 0 aliphatic carbocycles. The van der Waals surface area contributed by atoms with Crippen molar-refractivity contribution in [3.05, 3.63) is 86.3 Å². The molecule has 2 amide bonds. The van der Waals surface area contributed by atoms with E-state index in [1.165, 1.54) is 15.8 Å². The molecule has 10 heteroatoms. The molecule has 2 aliphatic rings. The first-order valence-corrected chi connectivity index (χ1v) is 12.8. The fourth-order valence-corrected chi connectivity index (χ4v) is 6.32. The zero-order valence-electron chi connectivity index (χ0n) is 20.4.